The van der Waals surface area contributed by atoms with Gasteiger partial charge in [-0.1, -0.05) is 5.16 Å². The van der Waals surface area contributed by atoms with Gasteiger partial charge in [-0.2, -0.15) is 4.98 Å². The molecule has 0 radical (unpaired) electrons. The average molecular weight is 254 g/mol. The second-order valence-corrected chi connectivity index (χ2v) is 3.90. The molecule has 0 bridgehead atoms. The Morgan fingerprint density at radius 3 is 2.79 bits per heavy atom. The molecule has 0 atom stereocenters. The Bertz CT molecular complexity index is 663. The van der Waals surface area contributed by atoms with Crippen LogP contribution in [0.15, 0.2) is 35.4 Å². The Hall–Kier alpha value is -2.83. The van der Waals surface area contributed by atoms with Crippen LogP contribution in [0.3, 0.4) is 0 Å². The Balaban J connectivity index is 2.06. The second kappa shape index (κ2) is 4.45. The SMILES string of the molecule is Cc1cnccc1-c1noc(-c2nccnc2N)n1. The smallest absolute Gasteiger partial charge is 0.280 e. The third-order valence-corrected chi connectivity index (χ3v) is 2.62. The summed E-state index contributed by atoms with van der Waals surface area (Å²) in [5.74, 6) is 0.973. The zero-order chi connectivity index (χ0) is 13.2. The first-order valence-corrected chi connectivity index (χ1v) is 5.57. The van der Waals surface area contributed by atoms with Crippen molar-refractivity contribution >= 4 is 5.82 Å². The number of pyridine rings is 1. The molecule has 0 amide bonds. The summed E-state index contributed by atoms with van der Waals surface area (Å²) in [7, 11) is 0. The van der Waals surface area contributed by atoms with Crippen LogP contribution in [0.25, 0.3) is 23.0 Å². The number of aromatic nitrogens is 5. The fraction of sp³-hybridized carbons (Fsp3) is 0.0833. The van der Waals surface area contributed by atoms with Crippen molar-refractivity contribution in [2.45, 2.75) is 6.92 Å². The van der Waals surface area contributed by atoms with E-state index in [1.807, 2.05) is 13.0 Å². The van der Waals surface area contributed by atoms with Gasteiger partial charge in [-0.05, 0) is 18.6 Å². The Kier molecular flexibility index (Phi) is 2.64. The molecule has 3 heterocycles. The Morgan fingerprint density at radius 1 is 1.16 bits per heavy atom. The molecule has 94 valence electrons. The summed E-state index contributed by atoms with van der Waals surface area (Å²) in [6.07, 6.45) is 6.44. The third-order valence-electron chi connectivity index (χ3n) is 2.62. The van der Waals surface area contributed by atoms with Crippen molar-refractivity contribution in [1.82, 2.24) is 25.1 Å². The number of rotatable bonds is 2. The van der Waals surface area contributed by atoms with E-state index in [0.717, 1.165) is 11.1 Å². The van der Waals surface area contributed by atoms with Crippen LogP contribution in [0, 0.1) is 6.92 Å². The van der Waals surface area contributed by atoms with Crippen molar-refractivity contribution in [2.24, 2.45) is 0 Å². The molecule has 19 heavy (non-hydrogen) atoms. The minimum absolute atomic E-state index is 0.247. The lowest BCUT2D eigenvalue weighted by Crippen LogP contribution is -1.96. The topological polar surface area (TPSA) is 104 Å². The van der Waals surface area contributed by atoms with Crippen molar-refractivity contribution in [3.05, 3.63) is 36.4 Å². The molecule has 0 aliphatic rings. The van der Waals surface area contributed by atoms with E-state index in [-0.39, 0.29) is 11.7 Å². The van der Waals surface area contributed by atoms with Gasteiger partial charge in [-0.3, -0.25) is 4.98 Å². The van der Waals surface area contributed by atoms with Gasteiger partial charge in [0.2, 0.25) is 5.82 Å². The number of hydrogen-bond donors (Lipinski definition) is 1. The maximum atomic E-state index is 5.72. The molecular formula is C12H10N6O. The molecule has 7 heteroatoms. The van der Waals surface area contributed by atoms with Gasteiger partial charge in [0.05, 0.1) is 0 Å². The van der Waals surface area contributed by atoms with Crippen molar-refractivity contribution in [2.75, 3.05) is 5.73 Å². The fourth-order valence-electron chi connectivity index (χ4n) is 1.67. The lowest BCUT2D eigenvalue weighted by Gasteiger charge is -1.97. The van der Waals surface area contributed by atoms with Gasteiger partial charge in [0.15, 0.2) is 11.5 Å². The number of nitrogens with two attached hydrogens (primary N) is 1. The van der Waals surface area contributed by atoms with Crippen LogP contribution >= 0.6 is 0 Å². The summed E-state index contributed by atoms with van der Waals surface area (Å²) in [5, 5.41) is 3.93. The zero-order valence-corrected chi connectivity index (χ0v) is 10.1. The van der Waals surface area contributed by atoms with Crippen LogP contribution in [0.4, 0.5) is 5.82 Å². The highest BCUT2D eigenvalue weighted by Gasteiger charge is 2.15. The van der Waals surface area contributed by atoms with Gasteiger partial charge in [-0.15, -0.1) is 0 Å². The van der Waals surface area contributed by atoms with E-state index in [1.54, 1.807) is 12.4 Å². The highest BCUT2D eigenvalue weighted by atomic mass is 16.5. The van der Waals surface area contributed by atoms with Gasteiger partial charge < -0.3 is 10.3 Å². The molecule has 0 saturated heterocycles. The van der Waals surface area contributed by atoms with Crippen LogP contribution in [-0.2, 0) is 0 Å². The molecule has 0 saturated carbocycles. The molecule has 7 nitrogen and oxygen atoms in total. The lowest BCUT2D eigenvalue weighted by atomic mass is 10.1. The predicted molar refractivity (Wildman–Crippen MR) is 67.7 cm³/mol. The van der Waals surface area contributed by atoms with Crippen molar-refractivity contribution in [1.29, 1.82) is 0 Å². The van der Waals surface area contributed by atoms with Gasteiger partial charge >= 0.3 is 0 Å². The van der Waals surface area contributed by atoms with E-state index in [1.165, 1.54) is 12.4 Å². The minimum atomic E-state index is 0.247. The lowest BCUT2D eigenvalue weighted by molar-refractivity contribution is 0.431. The average Bonchev–Trinajstić information content (AvgIpc) is 2.89. The van der Waals surface area contributed by atoms with Gasteiger partial charge in [0.25, 0.3) is 5.89 Å². The van der Waals surface area contributed by atoms with Crippen LogP contribution in [-0.4, -0.2) is 25.1 Å². The molecule has 3 rings (SSSR count). The fourth-order valence-corrected chi connectivity index (χ4v) is 1.67. The number of nitrogen functional groups attached to an aromatic ring is 1. The maximum absolute atomic E-state index is 5.72. The first kappa shape index (κ1) is 11.3. The summed E-state index contributed by atoms with van der Waals surface area (Å²) < 4.78 is 5.18. The number of anilines is 1. The number of hydrogen-bond acceptors (Lipinski definition) is 7. The van der Waals surface area contributed by atoms with E-state index < -0.39 is 0 Å². The summed E-state index contributed by atoms with van der Waals surface area (Å²) in [6.45, 7) is 1.93. The first-order chi connectivity index (χ1) is 9.25. The molecule has 3 aromatic heterocycles. The summed E-state index contributed by atoms with van der Waals surface area (Å²) in [6, 6.07) is 1.82. The van der Waals surface area contributed by atoms with E-state index in [2.05, 4.69) is 25.1 Å². The molecule has 3 aromatic rings. The van der Waals surface area contributed by atoms with Gasteiger partial charge in [-0.25, -0.2) is 9.97 Å². The summed E-state index contributed by atoms with van der Waals surface area (Å²) in [4.78, 5) is 16.3. The van der Waals surface area contributed by atoms with Crippen LogP contribution < -0.4 is 5.73 Å². The van der Waals surface area contributed by atoms with E-state index in [4.69, 9.17) is 10.3 Å². The third kappa shape index (κ3) is 2.01. The largest absolute Gasteiger partial charge is 0.382 e. The quantitative estimate of drug-likeness (QED) is 0.738. The zero-order valence-electron chi connectivity index (χ0n) is 10.1. The molecule has 0 aromatic carbocycles. The van der Waals surface area contributed by atoms with Crippen LogP contribution in [0.2, 0.25) is 0 Å². The minimum Gasteiger partial charge on any atom is -0.382 e. The first-order valence-electron chi connectivity index (χ1n) is 5.57. The van der Waals surface area contributed by atoms with Crippen molar-refractivity contribution in [3.63, 3.8) is 0 Å². The second-order valence-electron chi connectivity index (χ2n) is 3.90. The number of nitrogens with zero attached hydrogens (tertiary/aromatic N) is 5. The van der Waals surface area contributed by atoms with Gasteiger partial charge in [0, 0.05) is 30.4 Å². The van der Waals surface area contributed by atoms with Crippen LogP contribution in [0.5, 0.6) is 0 Å². The molecule has 0 fully saturated rings. The van der Waals surface area contributed by atoms with Crippen molar-refractivity contribution < 1.29 is 4.52 Å². The summed E-state index contributed by atoms with van der Waals surface area (Å²) in [5.41, 5.74) is 7.92. The standard InChI is InChI=1S/C12H10N6O/c1-7-6-14-3-2-8(7)11-17-12(19-18-11)9-10(13)16-5-4-15-9/h2-6H,1H3,(H2,13,16). The number of aryl methyl sites for hydroxylation is 1. The Morgan fingerprint density at radius 2 is 2.00 bits per heavy atom. The molecule has 0 aliphatic heterocycles. The molecule has 0 aliphatic carbocycles. The molecule has 2 N–H and O–H groups in total. The van der Waals surface area contributed by atoms with E-state index in [0.29, 0.717) is 11.5 Å². The Labute approximate surface area is 108 Å². The monoisotopic (exact) mass is 254 g/mol. The predicted octanol–water partition coefficient (Wildman–Crippen LogP) is 1.48. The van der Waals surface area contributed by atoms with Crippen molar-refractivity contribution in [3.8, 4) is 23.0 Å². The molecule has 0 unspecified atom stereocenters. The highest BCUT2D eigenvalue weighted by Crippen LogP contribution is 2.24. The maximum Gasteiger partial charge on any atom is 0.280 e. The van der Waals surface area contributed by atoms with E-state index >= 15 is 0 Å². The highest BCUT2D eigenvalue weighted by molar-refractivity contribution is 5.65. The van der Waals surface area contributed by atoms with Gasteiger partial charge in [0.1, 0.15) is 0 Å². The molecule has 0 spiro atoms. The molecular weight excluding hydrogens is 244 g/mol. The van der Waals surface area contributed by atoms with E-state index in [9.17, 15) is 0 Å². The van der Waals surface area contributed by atoms with Crippen LogP contribution in [0.1, 0.15) is 5.56 Å². The summed E-state index contributed by atoms with van der Waals surface area (Å²) >= 11 is 0. The normalized spacial score (nSPS) is 10.6.